The van der Waals surface area contributed by atoms with Crippen molar-refractivity contribution in [1.82, 2.24) is 15.3 Å². The third kappa shape index (κ3) is 5.25. The third-order valence-corrected chi connectivity index (χ3v) is 8.65. The molecule has 2 aromatic rings. The molecule has 0 atom stereocenters. The fourth-order valence-electron chi connectivity index (χ4n) is 5.95. The van der Waals surface area contributed by atoms with Gasteiger partial charge >= 0.3 is 0 Å². The Labute approximate surface area is 207 Å². The zero-order valence-electron chi connectivity index (χ0n) is 22.6. The van der Waals surface area contributed by atoms with Gasteiger partial charge in [-0.25, -0.2) is 4.98 Å². The average molecular weight is 464 g/mol. The summed E-state index contributed by atoms with van der Waals surface area (Å²) >= 11 is 0. The molecule has 1 fully saturated rings. The number of hydrogen-bond acceptors (Lipinski definition) is 5. The van der Waals surface area contributed by atoms with Gasteiger partial charge in [-0.05, 0) is 132 Å². The quantitative estimate of drug-likeness (QED) is 0.550. The molecule has 1 aromatic carbocycles. The molecule has 0 unspecified atom stereocenters. The lowest BCUT2D eigenvalue weighted by Crippen LogP contribution is -2.32. The maximum absolute atomic E-state index is 4.93. The minimum Gasteiger partial charge on any atom is -0.362 e. The van der Waals surface area contributed by atoms with E-state index < -0.39 is 0 Å². The van der Waals surface area contributed by atoms with Gasteiger partial charge in [0.1, 0.15) is 5.82 Å². The summed E-state index contributed by atoms with van der Waals surface area (Å²) in [5.74, 6) is 2.70. The molecule has 4 rings (SSSR count). The van der Waals surface area contributed by atoms with Crippen molar-refractivity contribution in [3.63, 3.8) is 0 Å². The smallest absolute Gasteiger partial charge is 0.225 e. The molecule has 0 radical (unpaired) electrons. The second-order valence-electron chi connectivity index (χ2n) is 11.0. The number of benzene rings is 1. The second kappa shape index (κ2) is 10.6. The SMILES string of the molecule is Cc1c(C)c(C)c(CNC[C@H]2CC[C@@H](Nc3nc4c(c(N(C)C)n3)CCCC4)CC2)c(C)c1C. The monoisotopic (exact) mass is 463 g/mol. The minimum atomic E-state index is 0.486. The number of aromatic nitrogens is 2. The van der Waals surface area contributed by atoms with Crippen LogP contribution in [0.4, 0.5) is 11.8 Å². The number of nitrogens with zero attached hydrogens (tertiary/aromatic N) is 3. The van der Waals surface area contributed by atoms with Crippen LogP contribution in [-0.4, -0.2) is 36.6 Å². The van der Waals surface area contributed by atoms with Crippen LogP contribution in [0.3, 0.4) is 0 Å². The zero-order valence-corrected chi connectivity index (χ0v) is 22.6. The highest BCUT2D eigenvalue weighted by molar-refractivity contribution is 5.53. The number of rotatable bonds is 7. The summed E-state index contributed by atoms with van der Waals surface area (Å²) in [6.07, 6.45) is 9.63. The van der Waals surface area contributed by atoms with Gasteiger partial charge in [0.05, 0.1) is 5.69 Å². The lowest BCUT2D eigenvalue weighted by Gasteiger charge is -2.30. The maximum Gasteiger partial charge on any atom is 0.225 e. The highest BCUT2D eigenvalue weighted by atomic mass is 15.2. The Morgan fingerprint density at radius 1 is 0.794 bits per heavy atom. The van der Waals surface area contributed by atoms with Crippen molar-refractivity contribution in [2.24, 2.45) is 5.92 Å². The molecular formula is C29H45N5. The summed E-state index contributed by atoms with van der Waals surface area (Å²) in [5, 5.41) is 7.49. The number of nitrogens with one attached hydrogen (secondary N) is 2. The van der Waals surface area contributed by atoms with Crippen LogP contribution < -0.4 is 15.5 Å². The normalized spacial score (nSPS) is 20.2. The second-order valence-corrected chi connectivity index (χ2v) is 11.0. The molecule has 1 aromatic heterocycles. The van der Waals surface area contributed by atoms with E-state index >= 15 is 0 Å². The molecule has 1 saturated carbocycles. The van der Waals surface area contributed by atoms with Crippen LogP contribution in [0.25, 0.3) is 0 Å². The van der Waals surface area contributed by atoms with Crippen molar-refractivity contribution in [3.05, 3.63) is 44.6 Å². The fourth-order valence-corrected chi connectivity index (χ4v) is 5.95. The molecule has 2 aliphatic rings. The van der Waals surface area contributed by atoms with Crippen LogP contribution in [0.5, 0.6) is 0 Å². The Morgan fingerprint density at radius 2 is 1.41 bits per heavy atom. The van der Waals surface area contributed by atoms with E-state index in [1.807, 2.05) is 0 Å². The number of hydrogen-bond donors (Lipinski definition) is 2. The number of fused-ring (bicyclic) bond motifs is 1. The molecule has 2 N–H and O–H groups in total. The summed E-state index contributed by atoms with van der Waals surface area (Å²) in [5.41, 5.74) is 11.4. The van der Waals surface area contributed by atoms with Gasteiger partial charge in [0.25, 0.3) is 0 Å². The summed E-state index contributed by atoms with van der Waals surface area (Å²) in [6, 6.07) is 0.486. The summed E-state index contributed by atoms with van der Waals surface area (Å²) < 4.78 is 0. The maximum atomic E-state index is 4.93. The van der Waals surface area contributed by atoms with Crippen LogP contribution in [-0.2, 0) is 19.4 Å². The van der Waals surface area contributed by atoms with Crippen molar-refractivity contribution in [1.29, 1.82) is 0 Å². The van der Waals surface area contributed by atoms with Gasteiger partial charge in [0.2, 0.25) is 5.95 Å². The number of aryl methyl sites for hydroxylation is 1. The summed E-state index contributed by atoms with van der Waals surface area (Å²) in [4.78, 5) is 12.0. The summed E-state index contributed by atoms with van der Waals surface area (Å²) in [7, 11) is 4.20. The standard InChI is InChI=1S/C29H45N5/c1-18-19(2)21(4)26(22(5)20(18)3)17-30-16-23-12-14-24(15-13-23)31-29-32-27-11-9-8-10-25(27)28(33-29)34(6)7/h23-24,30H,8-17H2,1-7H3,(H,31,32,33)/t23-,24+. The van der Waals surface area contributed by atoms with E-state index in [-0.39, 0.29) is 0 Å². The largest absolute Gasteiger partial charge is 0.362 e. The van der Waals surface area contributed by atoms with E-state index in [1.165, 1.54) is 83.2 Å². The van der Waals surface area contributed by atoms with Crippen LogP contribution in [0.2, 0.25) is 0 Å². The molecule has 5 heteroatoms. The predicted molar refractivity (Wildman–Crippen MR) is 144 cm³/mol. The van der Waals surface area contributed by atoms with Crippen LogP contribution in [0, 0.1) is 40.5 Å². The Balaban J connectivity index is 1.30. The molecule has 1 heterocycles. The van der Waals surface area contributed by atoms with E-state index in [1.54, 1.807) is 0 Å². The molecule has 2 aliphatic carbocycles. The van der Waals surface area contributed by atoms with Crippen LogP contribution >= 0.6 is 0 Å². The lowest BCUT2D eigenvalue weighted by atomic mass is 9.85. The molecule has 0 saturated heterocycles. The molecule has 0 bridgehead atoms. The molecule has 186 valence electrons. The first kappa shape index (κ1) is 25.0. The fraction of sp³-hybridized carbons (Fsp3) is 0.655. The Kier molecular flexibility index (Phi) is 7.81. The van der Waals surface area contributed by atoms with Gasteiger partial charge in [-0.1, -0.05) is 0 Å². The Hall–Kier alpha value is -2.14. The van der Waals surface area contributed by atoms with Crippen molar-refractivity contribution in [2.75, 3.05) is 30.9 Å². The highest BCUT2D eigenvalue weighted by Crippen LogP contribution is 2.31. The van der Waals surface area contributed by atoms with E-state index in [0.29, 0.717) is 6.04 Å². The van der Waals surface area contributed by atoms with Crippen molar-refractivity contribution in [2.45, 2.75) is 98.6 Å². The van der Waals surface area contributed by atoms with E-state index in [4.69, 9.17) is 9.97 Å². The molecule has 5 nitrogen and oxygen atoms in total. The molecule has 34 heavy (non-hydrogen) atoms. The topological polar surface area (TPSA) is 53.1 Å². The van der Waals surface area contributed by atoms with E-state index in [2.05, 4.69) is 64.2 Å². The van der Waals surface area contributed by atoms with Gasteiger partial charge in [-0.2, -0.15) is 4.98 Å². The Morgan fingerprint density at radius 3 is 2.06 bits per heavy atom. The first-order chi connectivity index (χ1) is 16.3. The molecule has 0 spiro atoms. The third-order valence-electron chi connectivity index (χ3n) is 8.65. The van der Waals surface area contributed by atoms with Crippen molar-refractivity contribution < 1.29 is 0 Å². The summed E-state index contributed by atoms with van der Waals surface area (Å²) in [6.45, 7) is 13.4. The first-order valence-electron chi connectivity index (χ1n) is 13.4. The van der Waals surface area contributed by atoms with Crippen LogP contribution in [0.15, 0.2) is 0 Å². The predicted octanol–water partition coefficient (Wildman–Crippen LogP) is 5.72. The highest BCUT2D eigenvalue weighted by Gasteiger charge is 2.24. The molecule has 0 amide bonds. The van der Waals surface area contributed by atoms with Crippen molar-refractivity contribution in [3.8, 4) is 0 Å². The van der Waals surface area contributed by atoms with Gasteiger partial charge in [0.15, 0.2) is 0 Å². The lowest BCUT2D eigenvalue weighted by molar-refractivity contribution is 0.323. The van der Waals surface area contributed by atoms with Gasteiger partial charge in [-0.3, -0.25) is 0 Å². The molecular weight excluding hydrogens is 418 g/mol. The van der Waals surface area contributed by atoms with Crippen molar-refractivity contribution >= 4 is 11.8 Å². The van der Waals surface area contributed by atoms with E-state index in [9.17, 15) is 0 Å². The number of anilines is 2. The Bertz CT molecular complexity index is 989. The first-order valence-corrected chi connectivity index (χ1v) is 13.4. The zero-order chi connectivity index (χ0) is 24.4. The van der Waals surface area contributed by atoms with Gasteiger partial charge in [0, 0.05) is 32.2 Å². The van der Waals surface area contributed by atoms with E-state index in [0.717, 1.165) is 43.6 Å². The minimum absolute atomic E-state index is 0.486. The average Bonchev–Trinajstić information content (AvgIpc) is 2.84. The molecule has 0 aliphatic heterocycles. The van der Waals surface area contributed by atoms with Crippen LogP contribution in [0.1, 0.15) is 83.2 Å². The van der Waals surface area contributed by atoms with Gasteiger partial charge in [-0.15, -0.1) is 0 Å². The van der Waals surface area contributed by atoms with Gasteiger partial charge < -0.3 is 15.5 Å².